The van der Waals surface area contributed by atoms with Crippen molar-refractivity contribution >= 4 is 16.9 Å². The molecule has 0 aliphatic heterocycles. The Kier molecular flexibility index (Phi) is 2.19. The van der Waals surface area contributed by atoms with Crippen molar-refractivity contribution in [2.75, 3.05) is 0 Å². The lowest BCUT2D eigenvalue weighted by atomic mass is 10.1. The van der Waals surface area contributed by atoms with Gasteiger partial charge in [-0.15, -0.1) is 0 Å². The molecule has 3 rings (SSSR count). The minimum absolute atomic E-state index is 0.120. The van der Waals surface area contributed by atoms with Crippen LogP contribution in [0, 0.1) is 6.92 Å². The maximum Gasteiger partial charge on any atom is 0.358 e. The van der Waals surface area contributed by atoms with Gasteiger partial charge >= 0.3 is 5.97 Å². The molecule has 5 heteroatoms. The fourth-order valence-electron chi connectivity index (χ4n) is 1.88. The number of aryl methyl sites for hydroxylation is 1. The van der Waals surface area contributed by atoms with Crippen LogP contribution in [0.25, 0.3) is 22.3 Å². The lowest BCUT2D eigenvalue weighted by molar-refractivity contribution is 0.0686. The predicted octanol–water partition coefficient (Wildman–Crippen LogP) is 3.09. The van der Waals surface area contributed by atoms with Gasteiger partial charge in [0, 0.05) is 11.5 Å². The van der Waals surface area contributed by atoms with Gasteiger partial charge < -0.3 is 14.0 Å². The van der Waals surface area contributed by atoms with Crippen LogP contribution < -0.4 is 0 Å². The van der Waals surface area contributed by atoms with E-state index in [2.05, 4.69) is 5.16 Å². The molecule has 0 radical (unpaired) electrons. The van der Waals surface area contributed by atoms with Gasteiger partial charge in [-0.3, -0.25) is 0 Å². The van der Waals surface area contributed by atoms with Gasteiger partial charge in [0.05, 0.1) is 11.8 Å². The third-order valence-corrected chi connectivity index (χ3v) is 2.79. The van der Waals surface area contributed by atoms with Crippen molar-refractivity contribution in [2.24, 2.45) is 0 Å². The summed E-state index contributed by atoms with van der Waals surface area (Å²) < 4.78 is 10.5. The Morgan fingerprint density at radius 2 is 2.22 bits per heavy atom. The van der Waals surface area contributed by atoms with Crippen LogP contribution in [0.3, 0.4) is 0 Å². The number of fused-ring (bicyclic) bond motifs is 1. The second-order valence-electron chi connectivity index (χ2n) is 3.98. The average molecular weight is 243 g/mol. The topological polar surface area (TPSA) is 76.5 Å². The maximum atomic E-state index is 10.8. The number of hydrogen-bond donors (Lipinski definition) is 1. The van der Waals surface area contributed by atoms with Crippen LogP contribution in [0.2, 0.25) is 0 Å². The van der Waals surface area contributed by atoms with Gasteiger partial charge in [0.25, 0.3) is 0 Å². The molecule has 90 valence electrons. The fraction of sp³-hybridized carbons (Fsp3) is 0.0769. The first kappa shape index (κ1) is 10.6. The lowest BCUT2D eigenvalue weighted by Gasteiger charge is -1.96. The number of nitrogens with zero attached hydrogens (tertiary/aromatic N) is 1. The average Bonchev–Trinajstić information content (AvgIpc) is 2.97. The van der Waals surface area contributed by atoms with Crippen molar-refractivity contribution in [1.82, 2.24) is 5.16 Å². The van der Waals surface area contributed by atoms with E-state index < -0.39 is 5.97 Å². The molecule has 3 aromatic rings. The summed E-state index contributed by atoms with van der Waals surface area (Å²) in [4.78, 5) is 10.8. The zero-order valence-corrected chi connectivity index (χ0v) is 9.51. The van der Waals surface area contributed by atoms with Crippen molar-refractivity contribution in [3.8, 4) is 11.3 Å². The first-order valence-electron chi connectivity index (χ1n) is 5.34. The summed E-state index contributed by atoms with van der Waals surface area (Å²) in [6, 6.07) is 6.99. The number of carbonyl (C=O) groups is 1. The van der Waals surface area contributed by atoms with E-state index in [4.69, 9.17) is 14.0 Å². The molecule has 0 unspecified atom stereocenters. The smallest absolute Gasteiger partial charge is 0.358 e. The largest absolute Gasteiger partial charge is 0.476 e. The molecule has 0 fully saturated rings. The van der Waals surface area contributed by atoms with Crippen molar-refractivity contribution in [1.29, 1.82) is 0 Å². The quantitative estimate of drug-likeness (QED) is 0.748. The van der Waals surface area contributed by atoms with Crippen LogP contribution in [-0.4, -0.2) is 16.2 Å². The maximum absolute atomic E-state index is 10.8. The molecule has 1 N–H and O–H groups in total. The number of rotatable bonds is 2. The molecule has 18 heavy (non-hydrogen) atoms. The van der Waals surface area contributed by atoms with Crippen molar-refractivity contribution in [3.05, 3.63) is 41.8 Å². The molecule has 0 aliphatic carbocycles. The van der Waals surface area contributed by atoms with Crippen LogP contribution in [0.5, 0.6) is 0 Å². The molecular weight excluding hydrogens is 234 g/mol. The van der Waals surface area contributed by atoms with E-state index >= 15 is 0 Å². The van der Waals surface area contributed by atoms with E-state index in [1.54, 1.807) is 12.3 Å². The standard InChI is InChI=1S/C13H9NO4/c1-7-6-17-12-8(7)3-2-4-9(12)11-5-10(13(15)16)14-18-11/h2-6H,1H3,(H,15,16). The number of aromatic carboxylic acids is 1. The summed E-state index contributed by atoms with van der Waals surface area (Å²) in [5, 5.41) is 13.3. The zero-order valence-electron chi connectivity index (χ0n) is 9.51. The van der Waals surface area contributed by atoms with E-state index in [1.807, 2.05) is 19.1 Å². The number of para-hydroxylation sites is 1. The van der Waals surface area contributed by atoms with Crippen LogP contribution in [0.1, 0.15) is 16.1 Å². The molecule has 0 bridgehead atoms. The number of carboxylic acids is 1. The summed E-state index contributed by atoms with van der Waals surface area (Å²) in [6.45, 7) is 1.94. The third kappa shape index (κ3) is 1.48. The molecule has 2 aromatic heterocycles. The molecule has 0 saturated heterocycles. The summed E-state index contributed by atoms with van der Waals surface area (Å²) in [6.07, 6.45) is 1.66. The number of furan rings is 1. The fourth-order valence-corrected chi connectivity index (χ4v) is 1.88. The Morgan fingerprint density at radius 3 is 2.94 bits per heavy atom. The van der Waals surface area contributed by atoms with E-state index in [0.29, 0.717) is 16.9 Å². The summed E-state index contributed by atoms with van der Waals surface area (Å²) in [7, 11) is 0. The molecule has 0 aliphatic rings. The van der Waals surface area contributed by atoms with Crippen LogP contribution in [0.4, 0.5) is 0 Å². The minimum atomic E-state index is -1.12. The summed E-state index contributed by atoms with van der Waals surface area (Å²) in [5.41, 5.74) is 2.26. The first-order chi connectivity index (χ1) is 8.66. The number of carboxylic acid groups (broad SMARTS) is 1. The van der Waals surface area contributed by atoms with Gasteiger partial charge in [-0.25, -0.2) is 4.79 Å². The SMILES string of the molecule is Cc1coc2c(-c3cc(C(=O)O)no3)cccc12. The molecule has 0 saturated carbocycles. The highest BCUT2D eigenvalue weighted by Gasteiger charge is 2.16. The lowest BCUT2D eigenvalue weighted by Crippen LogP contribution is -1.94. The van der Waals surface area contributed by atoms with Gasteiger partial charge in [0.1, 0.15) is 5.58 Å². The molecule has 1 aromatic carbocycles. The van der Waals surface area contributed by atoms with E-state index in [-0.39, 0.29) is 5.69 Å². The Morgan fingerprint density at radius 1 is 1.39 bits per heavy atom. The molecular formula is C13H9NO4. The highest BCUT2D eigenvalue weighted by atomic mass is 16.5. The molecule has 2 heterocycles. The summed E-state index contributed by atoms with van der Waals surface area (Å²) >= 11 is 0. The molecule has 0 atom stereocenters. The normalized spacial score (nSPS) is 10.9. The number of benzene rings is 1. The van der Waals surface area contributed by atoms with Crippen molar-refractivity contribution in [3.63, 3.8) is 0 Å². The molecule has 0 spiro atoms. The number of hydrogen-bond acceptors (Lipinski definition) is 4. The van der Waals surface area contributed by atoms with E-state index in [1.165, 1.54) is 6.07 Å². The van der Waals surface area contributed by atoms with Gasteiger partial charge in [-0.05, 0) is 18.6 Å². The minimum Gasteiger partial charge on any atom is -0.476 e. The second kappa shape index (κ2) is 3.73. The summed E-state index contributed by atoms with van der Waals surface area (Å²) in [5.74, 6) is -0.736. The predicted molar refractivity (Wildman–Crippen MR) is 63.4 cm³/mol. The van der Waals surface area contributed by atoms with Gasteiger partial charge in [-0.2, -0.15) is 0 Å². The van der Waals surface area contributed by atoms with E-state index in [0.717, 1.165) is 10.9 Å². The van der Waals surface area contributed by atoms with Crippen LogP contribution >= 0.6 is 0 Å². The Labute approximate surface area is 102 Å². The third-order valence-electron chi connectivity index (χ3n) is 2.79. The highest BCUT2D eigenvalue weighted by Crippen LogP contribution is 2.31. The highest BCUT2D eigenvalue weighted by molar-refractivity contribution is 5.94. The number of aromatic nitrogens is 1. The van der Waals surface area contributed by atoms with E-state index in [9.17, 15) is 4.79 Å². The van der Waals surface area contributed by atoms with Crippen LogP contribution in [0.15, 0.2) is 39.5 Å². The van der Waals surface area contributed by atoms with Gasteiger partial charge in [0.15, 0.2) is 11.5 Å². The first-order valence-corrected chi connectivity index (χ1v) is 5.34. The second-order valence-corrected chi connectivity index (χ2v) is 3.98. The van der Waals surface area contributed by atoms with Gasteiger partial charge in [-0.1, -0.05) is 17.3 Å². The zero-order chi connectivity index (χ0) is 12.7. The Hall–Kier alpha value is -2.56. The van der Waals surface area contributed by atoms with Crippen LogP contribution in [-0.2, 0) is 0 Å². The molecule has 5 nitrogen and oxygen atoms in total. The van der Waals surface area contributed by atoms with Crippen molar-refractivity contribution in [2.45, 2.75) is 6.92 Å². The Bertz CT molecular complexity index is 738. The Balaban J connectivity index is 2.21. The van der Waals surface area contributed by atoms with Crippen molar-refractivity contribution < 1.29 is 18.8 Å². The van der Waals surface area contributed by atoms with Gasteiger partial charge in [0.2, 0.25) is 0 Å². The molecule has 0 amide bonds. The monoisotopic (exact) mass is 243 g/mol.